The van der Waals surface area contributed by atoms with Crippen LogP contribution >= 0.6 is 12.6 Å². The van der Waals surface area contributed by atoms with Gasteiger partial charge in [0.15, 0.2) is 6.23 Å². The van der Waals surface area contributed by atoms with E-state index in [2.05, 4.69) is 22.7 Å². The van der Waals surface area contributed by atoms with E-state index in [9.17, 15) is 9.59 Å². The highest BCUT2D eigenvalue weighted by Crippen LogP contribution is 1.98. The van der Waals surface area contributed by atoms with E-state index < -0.39 is 6.23 Å². The number of thiol groups is 1. The van der Waals surface area contributed by atoms with Crippen LogP contribution in [0.5, 0.6) is 0 Å². The van der Waals surface area contributed by atoms with E-state index in [1.807, 2.05) is 0 Å². The first-order valence-corrected chi connectivity index (χ1v) is 5.56. The molecule has 3 N–H and O–H groups in total. The summed E-state index contributed by atoms with van der Waals surface area (Å²) in [5, 5.41) is 2.75. The Bertz CT molecular complexity index is 190. The molecular weight excluding hydrogens is 216 g/mol. The zero-order valence-corrected chi connectivity index (χ0v) is 9.54. The summed E-state index contributed by atoms with van der Waals surface area (Å²) in [7, 11) is 0. The van der Waals surface area contributed by atoms with Crippen LogP contribution in [0.15, 0.2) is 0 Å². The monoisotopic (exact) mass is 234 g/mol. The molecular formula is C9H18N2O3S. The number of unbranched alkanes of at least 4 members (excludes halogenated alkanes) is 1. The summed E-state index contributed by atoms with van der Waals surface area (Å²) < 4.78 is 4.51. The number of nitrogens with two attached hydrogens (primary N) is 1. The zero-order valence-electron chi connectivity index (χ0n) is 8.65. The fourth-order valence-electron chi connectivity index (χ4n) is 1.03. The molecule has 1 unspecified atom stereocenters. The van der Waals surface area contributed by atoms with Crippen molar-refractivity contribution in [2.24, 2.45) is 5.73 Å². The van der Waals surface area contributed by atoms with Crippen LogP contribution in [0.1, 0.15) is 25.7 Å². The lowest BCUT2D eigenvalue weighted by atomic mass is 10.2. The van der Waals surface area contributed by atoms with Gasteiger partial charge >= 0.3 is 0 Å². The van der Waals surface area contributed by atoms with Crippen LogP contribution in [-0.2, 0) is 14.3 Å². The summed E-state index contributed by atoms with van der Waals surface area (Å²) in [5.41, 5.74) is 5.42. The van der Waals surface area contributed by atoms with Crippen LogP contribution < -0.4 is 11.1 Å². The Hall–Kier alpha value is -0.750. The maximum atomic E-state index is 11.0. The van der Waals surface area contributed by atoms with E-state index in [0.717, 1.165) is 12.8 Å². The van der Waals surface area contributed by atoms with E-state index in [4.69, 9.17) is 5.73 Å². The molecule has 15 heavy (non-hydrogen) atoms. The summed E-state index contributed by atoms with van der Waals surface area (Å²) in [6.45, 7) is 0.972. The number of hydrogen-bond acceptors (Lipinski definition) is 5. The maximum absolute atomic E-state index is 11.0. The smallest absolute Gasteiger partial charge is 0.294 e. The van der Waals surface area contributed by atoms with Crippen molar-refractivity contribution in [1.82, 2.24) is 5.32 Å². The molecule has 0 fully saturated rings. The van der Waals surface area contributed by atoms with Crippen LogP contribution in [0.3, 0.4) is 0 Å². The molecule has 0 saturated carbocycles. The molecule has 0 radical (unpaired) electrons. The lowest BCUT2D eigenvalue weighted by molar-refractivity contribution is -0.133. The van der Waals surface area contributed by atoms with Gasteiger partial charge in [-0.3, -0.25) is 15.3 Å². The first kappa shape index (κ1) is 14.2. The molecule has 5 nitrogen and oxygen atoms in total. The van der Waals surface area contributed by atoms with Gasteiger partial charge in [-0.1, -0.05) is 0 Å². The SMILES string of the molecule is NC(CCCCNC(=O)CCS)OC=O. The zero-order chi connectivity index (χ0) is 11.5. The molecule has 0 spiro atoms. The standard InChI is InChI=1S/C9H18N2O3S/c10-8(14-7-12)3-1-2-5-11-9(13)4-6-15/h7-8,15H,1-6,10H2,(H,11,13). The van der Waals surface area contributed by atoms with Crippen molar-refractivity contribution in [3.63, 3.8) is 0 Å². The molecule has 0 aliphatic carbocycles. The number of rotatable bonds is 9. The molecule has 0 saturated heterocycles. The quantitative estimate of drug-likeness (QED) is 0.228. The fourth-order valence-corrected chi connectivity index (χ4v) is 1.23. The van der Waals surface area contributed by atoms with Crippen molar-refractivity contribution in [3.05, 3.63) is 0 Å². The Morgan fingerprint density at radius 3 is 2.87 bits per heavy atom. The number of hydrogen-bond donors (Lipinski definition) is 3. The van der Waals surface area contributed by atoms with Crippen molar-refractivity contribution >= 4 is 25.0 Å². The van der Waals surface area contributed by atoms with Crippen LogP contribution in [0.2, 0.25) is 0 Å². The lowest BCUT2D eigenvalue weighted by Gasteiger charge is -2.09. The molecule has 0 aromatic rings. The predicted molar refractivity (Wildman–Crippen MR) is 60.5 cm³/mol. The molecule has 6 heteroatoms. The Kier molecular flexibility index (Phi) is 9.30. The summed E-state index contributed by atoms with van der Waals surface area (Å²) in [6, 6.07) is 0. The highest BCUT2D eigenvalue weighted by molar-refractivity contribution is 7.80. The van der Waals surface area contributed by atoms with Gasteiger partial charge in [-0.05, 0) is 25.0 Å². The Labute approximate surface area is 95.1 Å². The van der Waals surface area contributed by atoms with E-state index in [0.29, 0.717) is 31.6 Å². The third-order valence-electron chi connectivity index (χ3n) is 1.81. The second-order valence-electron chi connectivity index (χ2n) is 3.09. The van der Waals surface area contributed by atoms with Gasteiger partial charge in [0.1, 0.15) is 0 Å². The molecule has 0 aliphatic heterocycles. The van der Waals surface area contributed by atoms with Gasteiger partial charge in [-0.2, -0.15) is 12.6 Å². The third kappa shape index (κ3) is 9.55. The Morgan fingerprint density at radius 1 is 1.53 bits per heavy atom. The van der Waals surface area contributed by atoms with Crippen LogP contribution in [-0.4, -0.2) is 30.9 Å². The second-order valence-corrected chi connectivity index (χ2v) is 3.54. The molecule has 1 amide bonds. The molecule has 0 aromatic carbocycles. The molecule has 1 atom stereocenters. The van der Waals surface area contributed by atoms with Gasteiger partial charge in [0.2, 0.25) is 5.91 Å². The summed E-state index contributed by atoms with van der Waals surface area (Å²) in [4.78, 5) is 20.9. The second kappa shape index (κ2) is 9.79. The average Bonchev–Trinajstić information content (AvgIpc) is 2.18. The molecule has 0 bridgehead atoms. The normalized spacial score (nSPS) is 11.9. The first-order valence-electron chi connectivity index (χ1n) is 4.93. The highest BCUT2D eigenvalue weighted by atomic mass is 32.1. The largest absolute Gasteiger partial charge is 0.449 e. The van der Waals surface area contributed by atoms with Crippen LogP contribution in [0.4, 0.5) is 0 Å². The van der Waals surface area contributed by atoms with Gasteiger partial charge in [0.05, 0.1) is 0 Å². The minimum absolute atomic E-state index is 0.0124. The average molecular weight is 234 g/mol. The van der Waals surface area contributed by atoms with Crippen molar-refractivity contribution in [2.45, 2.75) is 31.9 Å². The van der Waals surface area contributed by atoms with Crippen LogP contribution in [0.25, 0.3) is 0 Å². The van der Waals surface area contributed by atoms with E-state index >= 15 is 0 Å². The highest BCUT2D eigenvalue weighted by Gasteiger charge is 2.02. The minimum atomic E-state index is -0.532. The summed E-state index contributed by atoms with van der Waals surface area (Å²) >= 11 is 3.95. The van der Waals surface area contributed by atoms with Gasteiger partial charge in [0.25, 0.3) is 6.47 Å². The Morgan fingerprint density at radius 2 is 2.27 bits per heavy atom. The molecule has 0 heterocycles. The third-order valence-corrected chi connectivity index (χ3v) is 2.03. The molecule has 0 aliphatic rings. The van der Waals surface area contributed by atoms with Gasteiger partial charge < -0.3 is 10.1 Å². The molecule has 0 rings (SSSR count). The van der Waals surface area contributed by atoms with Crippen molar-refractivity contribution in [2.75, 3.05) is 12.3 Å². The fraction of sp³-hybridized carbons (Fsp3) is 0.778. The summed E-state index contributed by atoms with van der Waals surface area (Å²) in [5.74, 6) is 0.572. The predicted octanol–water partition coefficient (Wildman–Crippen LogP) is 0.0506. The van der Waals surface area contributed by atoms with Gasteiger partial charge in [-0.25, -0.2) is 0 Å². The lowest BCUT2D eigenvalue weighted by Crippen LogP contribution is -2.26. The first-order chi connectivity index (χ1) is 7.20. The number of ether oxygens (including phenoxy) is 1. The molecule has 0 aromatic heterocycles. The minimum Gasteiger partial charge on any atom is -0.449 e. The van der Waals surface area contributed by atoms with Gasteiger partial charge in [-0.15, -0.1) is 0 Å². The Balaban J connectivity index is 3.24. The molecule has 88 valence electrons. The number of amides is 1. The van der Waals surface area contributed by atoms with E-state index in [1.54, 1.807) is 0 Å². The van der Waals surface area contributed by atoms with Crippen molar-refractivity contribution in [3.8, 4) is 0 Å². The van der Waals surface area contributed by atoms with E-state index in [1.165, 1.54) is 0 Å². The van der Waals surface area contributed by atoms with Crippen molar-refractivity contribution in [1.29, 1.82) is 0 Å². The number of carbonyl (C=O) groups is 2. The maximum Gasteiger partial charge on any atom is 0.294 e. The van der Waals surface area contributed by atoms with Crippen molar-refractivity contribution < 1.29 is 14.3 Å². The van der Waals surface area contributed by atoms with E-state index in [-0.39, 0.29) is 5.91 Å². The number of carbonyl (C=O) groups excluding carboxylic acids is 2. The number of nitrogens with one attached hydrogen (secondary N) is 1. The topological polar surface area (TPSA) is 81.4 Å². The van der Waals surface area contributed by atoms with Gasteiger partial charge in [0, 0.05) is 13.0 Å². The van der Waals surface area contributed by atoms with Crippen LogP contribution in [0, 0.1) is 0 Å². The summed E-state index contributed by atoms with van der Waals surface area (Å²) in [6.07, 6.45) is 2.17.